The molecule has 4 nitrogen and oxygen atoms in total. The van der Waals surface area contributed by atoms with Crippen LogP contribution in [0, 0.1) is 5.92 Å². The van der Waals surface area contributed by atoms with E-state index < -0.39 is 17.7 Å². The van der Waals surface area contributed by atoms with Crippen LogP contribution in [0.2, 0.25) is 0 Å². The first-order chi connectivity index (χ1) is 7.04. The van der Waals surface area contributed by atoms with Gasteiger partial charge in [0.25, 0.3) is 0 Å². The molecule has 0 rings (SSSR count). The van der Waals surface area contributed by atoms with E-state index >= 15 is 0 Å². The number of methoxy groups -OCH3 is 1. The molecule has 15 heavy (non-hydrogen) atoms. The summed E-state index contributed by atoms with van der Waals surface area (Å²) in [4.78, 5) is 33.8. The average molecular weight is 214 g/mol. The van der Waals surface area contributed by atoms with Crippen molar-refractivity contribution < 1.29 is 19.1 Å². The second kappa shape index (κ2) is 7.15. The lowest BCUT2D eigenvalue weighted by molar-refractivity contribution is -0.152. The zero-order valence-corrected chi connectivity index (χ0v) is 9.54. The smallest absolute Gasteiger partial charge is 0.323 e. The minimum Gasteiger partial charge on any atom is -0.468 e. The van der Waals surface area contributed by atoms with Crippen molar-refractivity contribution >= 4 is 17.5 Å². The summed E-state index contributed by atoms with van der Waals surface area (Å²) >= 11 is 0. The van der Waals surface area contributed by atoms with Crippen LogP contribution in [-0.4, -0.2) is 24.6 Å². The normalized spacial score (nSPS) is 11.9. The van der Waals surface area contributed by atoms with Crippen LogP contribution in [-0.2, 0) is 19.1 Å². The predicted molar refractivity (Wildman–Crippen MR) is 55.3 cm³/mol. The third kappa shape index (κ3) is 4.72. The molecule has 1 unspecified atom stereocenters. The van der Waals surface area contributed by atoms with Gasteiger partial charge in [0, 0.05) is 6.42 Å². The molecule has 0 aliphatic rings. The van der Waals surface area contributed by atoms with E-state index in [-0.39, 0.29) is 12.2 Å². The molecular formula is C11H18O4. The Morgan fingerprint density at radius 2 is 1.80 bits per heavy atom. The number of carbonyl (C=O) groups excluding carboxylic acids is 3. The number of ether oxygens (including phenoxy) is 1. The largest absolute Gasteiger partial charge is 0.468 e. The summed E-state index contributed by atoms with van der Waals surface area (Å²) in [7, 11) is 1.18. The maximum atomic E-state index is 11.5. The summed E-state index contributed by atoms with van der Waals surface area (Å²) in [6.45, 7) is 3.26. The first kappa shape index (κ1) is 13.8. The second-order valence-corrected chi connectivity index (χ2v) is 3.49. The highest BCUT2D eigenvalue weighted by Crippen LogP contribution is 2.10. The molecule has 0 heterocycles. The molecule has 0 fully saturated rings. The molecule has 0 aromatic rings. The predicted octanol–water partition coefficient (Wildman–Crippen LogP) is 1.51. The third-order valence-electron chi connectivity index (χ3n) is 2.19. The Balaban J connectivity index is 4.30. The van der Waals surface area contributed by atoms with Crippen LogP contribution in [0.15, 0.2) is 0 Å². The lowest BCUT2D eigenvalue weighted by Crippen LogP contribution is -2.31. The topological polar surface area (TPSA) is 60.4 Å². The number of hydrogen-bond acceptors (Lipinski definition) is 4. The number of carbonyl (C=O) groups is 3. The van der Waals surface area contributed by atoms with Gasteiger partial charge in [-0.05, 0) is 13.3 Å². The first-order valence-corrected chi connectivity index (χ1v) is 5.15. The van der Waals surface area contributed by atoms with Gasteiger partial charge in [0.15, 0.2) is 17.5 Å². The highest BCUT2D eigenvalue weighted by Gasteiger charge is 2.30. The third-order valence-corrected chi connectivity index (χ3v) is 2.19. The van der Waals surface area contributed by atoms with E-state index in [1.54, 1.807) is 0 Å². The monoisotopic (exact) mass is 214 g/mol. The van der Waals surface area contributed by atoms with Crippen LogP contribution in [0.3, 0.4) is 0 Å². The van der Waals surface area contributed by atoms with E-state index in [1.165, 1.54) is 14.0 Å². The number of rotatable bonds is 7. The van der Waals surface area contributed by atoms with Gasteiger partial charge in [0.05, 0.1) is 7.11 Å². The number of unbranched alkanes of at least 4 members (excludes halogenated alkanes) is 2. The Hall–Kier alpha value is -1.19. The molecule has 0 saturated carbocycles. The molecule has 86 valence electrons. The maximum Gasteiger partial charge on any atom is 0.323 e. The molecule has 0 amide bonds. The SMILES string of the molecule is CCCCCC(=O)C(C(C)=O)C(=O)OC. The van der Waals surface area contributed by atoms with Crippen molar-refractivity contribution in [3.63, 3.8) is 0 Å². The van der Waals surface area contributed by atoms with Gasteiger partial charge in [-0.3, -0.25) is 14.4 Å². The second-order valence-electron chi connectivity index (χ2n) is 3.49. The van der Waals surface area contributed by atoms with Crippen LogP contribution >= 0.6 is 0 Å². The van der Waals surface area contributed by atoms with Gasteiger partial charge in [0.2, 0.25) is 0 Å². The number of ketones is 2. The number of esters is 1. The van der Waals surface area contributed by atoms with E-state index in [1.807, 2.05) is 6.92 Å². The van der Waals surface area contributed by atoms with Crippen molar-refractivity contribution in [2.24, 2.45) is 5.92 Å². The molecule has 0 saturated heterocycles. The molecule has 1 atom stereocenters. The average Bonchev–Trinajstić information content (AvgIpc) is 2.17. The zero-order chi connectivity index (χ0) is 11.8. The summed E-state index contributed by atoms with van der Waals surface area (Å²) in [6.07, 6.45) is 2.91. The molecule has 0 aromatic heterocycles. The minimum absolute atomic E-state index is 0.271. The van der Waals surface area contributed by atoms with E-state index in [0.717, 1.165) is 19.3 Å². The van der Waals surface area contributed by atoms with E-state index in [4.69, 9.17) is 0 Å². The maximum absolute atomic E-state index is 11.5. The van der Waals surface area contributed by atoms with E-state index in [0.29, 0.717) is 0 Å². The van der Waals surface area contributed by atoms with Crippen molar-refractivity contribution in [3.05, 3.63) is 0 Å². The number of Topliss-reactive ketones (excluding diaryl/α,β-unsaturated/α-hetero) is 2. The molecule has 0 spiro atoms. The van der Waals surface area contributed by atoms with Crippen molar-refractivity contribution in [1.82, 2.24) is 0 Å². The van der Waals surface area contributed by atoms with Gasteiger partial charge >= 0.3 is 5.97 Å². The van der Waals surface area contributed by atoms with E-state index in [2.05, 4.69) is 4.74 Å². The Morgan fingerprint density at radius 1 is 1.20 bits per heavy atom. The lowest BCUT2D eigenvalue weighted by Gasteiger charge is -2.09. The van der Waals surface area contributed by atoms with Gasteiger partial charge < -0.3 is 4.74 Å². The summed E-state index contributed by atoms with van der Waals surface area (Å²) in [5.41, 5.74) is 0. The Bertz CT molecular complexity index is 245. The molecule has 0 radical (unpaired) electrons. The van der Waals surface area contributed by atoms with Gasteiger partial charge in [-0.15, -0.1) is 0 Å². The summed E-state index contributed by atoms with van der Waals surface area (Å²) in [5.74, 6) is -2.73. The van der Waals surface area contributed by atoms with Crippen molar-refractivity contribution in [3.8, 4) is 0 Å². The van der Waals surface area contributed by atoms with E-state index in [9.17, 15) is 14.4 Å². The van der Waals surface area contributed by atoms with Crippen LogP contribution < -0.4 is 0 Å². The van der Waals surface area contributed by atoms with Crippen LogP contribution in [0.25, 0.3) is 0 Å². The molecule has 0 aliphatic heterocycles. The Morgan fingerprint density at radius 3 is 2.20 bits per heavy atom. The van der Waals surface area contributed by atoms with Crippen molar-refractivity contribution in [2.45, 2.75) is 39.5 Å². The standard InChI is InChI=1S/C11H18O4/c1-4-5-6-7-9(13)10(8(2)12)11(14)15-3/h10H,4-7H2,1-3H3. The van der Waals surface area contributed by atoms with Gasteiger partial charge in [-0.2, -0.15) is 0 Å². The highest BCUT2D eigenvalue weighted by atomic mass is 16.5. The molecule has 0 bridgehead atoms. The fourth-order valence-electron chi connectivity index (χ4n) is 1.34. The zero-order valence-electron chi connectivity index (χ0n) is 9.54. The molecule has 0 aromatic carbocycles. The minimum atomic E-state index is -1.22. The fourth-order valence-corrected chi connectivity index (χ4v) is 1.34. The molecule has 4 heteroatoms. The Labute approximate surface area is 90.0 Å². The van der Waals surface area contributed by atoms with Gasteiger partial charge in [0.1, 0.15) is 0 Å². The number of hydrogen-bond donors (Lipinski definition) is 0. The van der Waals surface area contributed by atoms with Crippen molar-refractivity contribution in [1.29, 1.82) is 0 Å². The van der Waals surface area contributed by atoms with Crippen LogP contribution in [0.5, 0.6) is 0 Å². The van der Waals surface area contributed by atoms with Crippen molar-refractivity contribution in [2.75, 3.05) is 7.11 Å². The summed E-state index contributed by atoms with van der Waals surface area (Å²) < 4.78 is 4.42. The first-order valence-electron chi connectivity index (χ1n) is 5.15. The Kier molecular flexibility index (Phi) is 6.58. The quantitative estimate of drug-likeness (QED) is 0.366. The van der Waals surface area contributed by atoms with Crippen LogP contribution in [0.4, 0.5) is 0 Å². The fraction of sp³-hybridized carbons (Fsp3) is 0.727. The molecule has 0 N–H and O–H groups in total. The van der Waals surface area contributed by atoms with Crippen LogP contribution in [0.1, 0.15) is 39.5 Å². The summed E-state index contributed by atoms with van der Waals surface area (Å²) in [5, 5.41) is 0. The molecular weight excluding hydrogens is 196 g/mol. The van der Waals surface area contributed by atoms with Gasteiger partial charge in [-0.25, -0.2) is 0 Å². The molecule has 0 aliphatic carbocycles. The summed E-state index contributed by atoms with van der Waals surface area (Å²) in [6, 6.07) is 0. The lowest BCUT2D eigenvalue weighted by atomic mass is 9.96. The highest BCUT2D eigenvalue weighted by molar-refractivity contribution is 6.16. The van der Waals surface area contributed by atoms with Gasteiger partial charge in [-0.1, -0.05) is 19.8 Å².